The van der Waals surface area contributed by atoms with Crippen molar-refractivity contribution in [2.24, 2.45) is 5.73 Å². The van der Waals surface area contributed by atoms with Crippen molar-refractivity contribution in [3.63, 3.8) is 0 Å². The summed E-state index contributed by atoms with van der Waals surface area (Å²) in [7, 11) is 0. The Kier molecular flexibility index (Phi) is 3.51. The molecule has 3 N–H and O–H groups in total. The summed E-state index contributed by atoms with van der Waals surface area (Å²) in [5, 5.41) is 8.60. The highest BCUT2D eigenvalue weighted by Crippen LogP contribution is 2.16. The van der Waals surface area contributed by atoms with Gasteiger partial charge in [-0.1, -0.05) is 12.2 Å². The first-order chi connectivity index (χ1) is 7.06. The van der Waals surface area contributed by atoms with E-state index >= 15 is 0 Å². The van der Waals surface area contributed by atoms with Crippen LogP contribution in [0.2, 0.25) is 0 Å². The van der Waals surface area contributed by atoms with Gasteiger partial charge in [0.15, 0.2) is 0 Å². The number of hydrogen-bond acceptors (Lipinski definition) is 2. The maximum Gasteiger partial charge on any atom is 0.338 e. The second-order valence-corrected chi connectivity index (χ2v) is 2.80. The van der Waals surface area contributed by atoms with Crippen molar-refractivity contribution >= 4 is 12.0 Å². The van der Waals surface area contributed by atoms with Crippen molar-refractivity contribution in [2.45, 2.75) is 0 Å². The van der Waals surface area contributed by atoms with Crippen LogP contribution in [0.15, 0.2) is 18.2 Å². The molecule has 1 aromatic rings. The van der Waals surface area contributed by atoms with Gasteiger partial charge in [0.1, 0.15) is 11.6 Å². The molecule has 0 atom stereocenters. The molecule has 0 aliphatic heterocycles. The summed E-state index contributed by atoms with van der Waals surface area (Å²) in [4.78, 5) is 10.5. The van der Waals surface area contributed by atoms with E-state index in [2.05, 4.69) is 0 Å². The van der Waals surface area contributed by atoms with Gasteiger partial charge in [-0.3, -0.25) is 0 Å². The lowest BCUT2D eigenvalue weighted by Gasteiger charge is -2.01. The Bertz CT molecular complexity index is 416. The number of halogens is 2. The normalized spacial score (nSPS) is 10.9. The van der Waals surface area contributed by atoms with E-state index in [9.17, 15) is 13.6 Å². The number of benzene rings is 1. The fourth-order valence-electron chi connectivity index (χ4n) is 1.05. The maximum absolute atomic E-state index is 13.1. The molecule has 0 aliphatic carbocycles. The molecule has 3 nitrogen and oxygen atoms in total. The minimum Gasteiger partial charge on any atom is -0.478 e. The molecule has 0 saturated heterocycles. The molecule has 0 fully saturated rings. The Labute approximate surface area is 84.8 Å². The molecular formula is C10H9F2NO2. The second kappa shape index (κ2) is 4.65. The van der Waals surface area contributed by atoms with Crippen LogP contribution in [0.1, 0.15) is 15.9 Å². The lowest BCUT2D eigenvalue weighted by molar-refractivity contribution is 0.0691. The van der Waals surface area contributed by atoms with Gasteiger partial charge in [0.25, 0.3) is 0 Å². The SMILES string of the molecule is NC/C=C/c1cc(C(=O)O)c(F)cc1F. The zero-order chi connectivity index (χ0) is 11.4. The van der Waals surface area contributed by atoms with E-state index in [1.807, 2.05) is 0 Å². The lowest BCUT2D eigenvalue weighted by atomic mass is 10.1. The number of carbonyl (C=O) groups is 1. The third-order valence-electron chi connectivity index (χ3n) is 1.75. The monoisotopic (exact) mass is 213 g/mol. The molecule has 0 unspecified atom stereocenters. The number of carboxylic acid groups (broad SMARTS) is 1. The Morgan fingerprint density at radius 2 is 2.07 bits per heavy atom. The van der Waals surface area contributed by atoms with Crippen LogP contribution < -0.4 is 5.73 Å². The molecular weight excluding hydrogens is 204 g/mol. The molecule has 1 rings (SSSR count). The molecule has 0 radical (unpaired) electrons. The molecule has 0 aliphatic rings. The van der Waals surface area contributed by atoms with Gasteiger partial charge in [0.05, 0.1) is 5.56 Å². The molecule has 15 heavy (non-hydrogen) atoms. The smallest absolute Gasteiger partial charge is 0.338 e. The fraction of sp³-hybridized carbons (Fsp3) is 0.100. The van der Waals surface area contributed by atoms with Crippen LogP contribution >= 0.6 is 0 Å². The van der Waals surface area contributed by atoms with Crippen molar-refractivity contribution in [3.8, 4) is 0 Å². The number of aromatic carboxylic acids is 1. The fourth-order valence-corrected chi connectivity index (χ4v) is 1.05. The first-order valence-corrected chi connectivity index (χ1v) is 4.15. The Morgan fingerprint density at radius 3 is 2.60 bits per heavy atom. The van der Waals surface area contributed by atoms with Gasteiger partial charge >= 0.3 is 5.97 Å². The van der Waals surface area contributed by atoms with Crippen LogP contribution in [0.3, 0.4) is 0 Å². The van der Waals surface area contributed by atoms with E-state index in [0.717, 1.165) is 6.07 Å². The van der Waals surface area contributed by atoms with Crippen LogP contribution in [0, 0.1) is 11.6 Å². The van der Waals surface area contributed by atoms with Gasteiger partial charge in [0.2, 0.25) is 0 Å². The average molecular weight is 213 g/mol. The maximum atomic E-state index is 13.1. The summed E-state index contributed by atoms with van der Waals surface area (Å²) in [6.07, 6.45) is 2.75. The predicted octanol–water partition coefficient (Wildman–Crippen LogP) is 1.63. The van der Waals surface area contributed by atoms with Gasteiger partial charge in [-0.15, -0.1) is 0 Å². The van der Waals surface area contributed by atoms with E-state index in [1.54, 1.807) is 0 Å². The highest BCUT2D eigenvalue weighted by molar-refractivity contribution is 5.88. The van der Waals surface area contributed by atoms with E-state index in [4.69, 9.17) is 10.8 Å². The summed E-state index contributed by atoms with van der Waals surface area (Å²) in [6.45, 7) is 0.194. The van der Waals surface area contributed by atoms with Gasteiger partial charge < -0.3 is 10.8 Å². The largest absolute Gasteiger partial charge is 0.478 e. The average Bonchev–Trinajstić information content (AvgIpc) is 2.16. The highest BCUT2D eigenvalue weighted by atomic mass is 19.1. The third-order valence-corrected chi connectivity index (χ3v) is 1.75. The first-order valence-electron chi connectivity index (χ1n) is 4.15. The number of nitrogens with two attached hydrogens (primary N) is 1. The lowest BCUT2D eigenvalue weighted by Crippen LogP contribution is -2.02. The number of rotatable bonds is 3. The van der Waals surface area contributed by atoms with Crippen LogP contribution in [0.5, 0.6) is 0 Å². The third kappa shape index (κ3) is 2.60. The van der Waals surface area contributed by atoms with Crippen LogP contribution in [-0.4, -0.2) is 17.6 Å². The molecule has 5 heteroatoms. The molecule has 0 aromatic heterocycles. The Hall–Kier alpha value is -1.75. The van der Waals surface area contributed by atoms with Crippen LogP contribution in [0.4, 0.5) is 8.78 Å². The van der Waals surface area contributed by atoms with Crippen molar-refractivity contribution in [2.75, 3.05) is 6.54 Å². The summed E-state index contributed by atoms with van der Waals surface area (Å²) in [5.74, 6) is -3.35. The van der Waals surface area contributed by atoms with Crippen LogP contribution in [0.25, 0.3) is 6.08 Å². The second-order valence-electron chi connectivity index (χ2n) is 2.80. The van der Waals surface area contributed by atoms with E-state index < -0.39 is 23.2 Å². The standard InChI is InChI=1S/C10H9F2NO2/c11-8-5-9(12)7(10(14)15)4-6(8)2-1-3-13/h1-2,4-5H,3,13H2,(H,14,15)/b2-1+. The Morgan fingerprint density at radius 1 is 1.40 bits per heavy atom. The van der Waals surface area contributed by atoms with Crippen molar-refractivity contribution in [3.05, 3.63) is 41.0 Å². The molecule has 80 valence electrons. The zero-order valence-corrected chi connectivity index (χ0v) is 7.71. The molecule has 1 aromatic carbocycles. The summed E-state index contributed by atoms with van der Waals surface area (Å²) >= 11 is 0. The molecule has 0 amide bonds. The predicted molar refractivity (Wildman–Crippen MR) is 51.4 cm³/mol. The van der Waals surface area contributed by atoms with Gasteiger partial charge in [0, 0.05) is 18.2 Å². The minimum absolute atomic E-state index is 0.000694. The summed E-state index contributed by atoms with van der Waals surface area (Å²) < 4.78 is 26.0. The molecule has 0 bridgehead atoms. The summed E-state index contributed by atoms with van der Waals surface area (Å²) in [5.41, 5.74) is 4.59. The quantitative estimate of drug-likeness (QED) is 0.802. The van der Waals surface area contributed by atoms with E-state index in [0.29, 0.717) is 6.07 Å². The number of carboxylic acids is 1. The van der Waals surface area contributed by atoms with Gasteiger partial charge in [-0.25, -0.2) is 13.6 Å². The Balaban J connectivity index is 3.23. The van der Waals surface area contributed by atoms with Crippen LogP contribution in [-0.2, 0) is 0 Å². The number of hydrogen-bond donors (Lipinski definition) is 2. The van der Waals surface area contributed by atoms with E-state index in [1.165, 1.54) is 12.2 Å². The van der Waals surface area contributed by atoms with Crippen molar-refractivity contribution in [1.82, 2.24) is 0 Å². The van der Waals surface area contributed by atoms with E-state index in [-0.39, 0.29) is 12.1 Å². The summed E-state index contributed by atoms with van der Waals surface area (Å²) in [6, 6.07) is 1.47. The van der Waals surface area contributed by atoms with Gasteiger partial charge in [-0.2, -0.15) is 0 Å². The highest BCUT2D eigenvalue weighted by Gasteiger charge is 2.13. The molecule has 0 heterocycles. The molecule has 0 spiro atoms. The topological polar surface area (TPSA) is 63.3 Å². The first kappa shape index (κ1) is 11.3. The molecule has 0 saturated carbocycles. The van der Waals surface area contributed by atoms with Crippen molar-refractivity contribution < 1.29 is 18.7 Å². The van der Waals surface area contributed by atoms with Gasteiger partial charge in [-0.05, 0) is 6.07 Å². The minimum atomic E-state index is -1.44. The van der Waals surface area contributed by atoms with Crippen molar-refractivity contribution in [1.29, 1.82) is 0 Å². The zero-order valence-electron chi connectivity index (χ0n) is 7.71.